The molecule has 0 N–H and O–H groups in total. The number of rotatable bonds is 33. The van der Waals surface area contributed by atoms with E-state index in [1.807, 2.05) is 54.7 Å². The highest BCUT2D eigenvalue weighted by atomic mass is 16.6. The van der Waals surface area contributed by atoms with Crippen molar-refractivity contribution >= 4 is 17.9 Å². The molecule has 52 heavy (non-hydrogen) atoms. The van der Waals surface area contributed by atoms with Crippen LogP contribution in [0.5, 0.6) is 0 Å². The minimum Gasteiger partial charge on any atom is -0.462 e. The number of hydrogen-bond donors (Lipinski definition) is 0. The summed E-state index contributed by atoms with van der Waals surface area (Å²) in [4.78, 5) is 37.4. The van der Waals surface area contributed by atoms with E-state index in [4.69, 9.17) is 14.2 Å². The molecule has 0 saturated heterocycles. The molecule has 0 aliphatic heterocycles. The molecule has 1 unspecified atom stereocenters. The molecule has 0 bridgehead atoms. The van der Waals surface area contributed by atoms with E-state index in [0.29, 0.717) is 0 Å². The Labute approximate surface area is 317 Å². The summed E-state index contributed by atoms with van der Waals surface area (Å²) in [5.41, 5.74) is 0. The van der Waals surface area contributed by atoms with Gasteiger partial charge in [-0.2, -0.15) is 0 Å². The smallest absolute Gasteiger partial charge is 0.309 e. The van der Waals surface area contributed by atoms with Gasteiger partial charge in [-0.25, -0.2) is 0 Å². The largest absolute Gasteiger partial charge is 0.462 e. The lowest BCUT2D eigenvalue weighted by Gasteiger charge is -2.18. The summed E-state index contributed by atoms with van der Waals surface area (Å²) in [7, 11) is 0. The molecule has 0 radical (unpaired) electrons. The molecule has 0 heterocycles. The van der Waals surface area contributed by atoms with Gasteiger partial charge in [0.2, 0.25) is 0 Å². The molecular weight excluding hydrogens is 648 g/mol. The molecule has 0 fully saturated rings. The standard InChI is InChI=1S/C46H70O6/c1-4-7-10-13-16-19-21-22-23-24-25-28-30-33-36-39-45(48)51-42-43(41-50-44(47)38-35-32-29-26-18-15-12-9-6-3)52-46(49)40-37-34-31-27-20-17-14-11-8-5-2/h7,9-10,12-14,16-19,21-26,32,35,43H,4-6,8,11,15,20,27-31,33-34,36-42H2,1-3H3/b10-7-,12-9-,16-13-,17-14-,21-19-,23-22-,25-24-,26-18-,35-32-. The molecule has 0 saturated carbocycles. The van der Waals surface area contributed by atoms with Gasteiger partial charge in [0.1, 0.15) is 13.2 Å². The molecule has 0 aromatic heterocycles. The highest BCUT2D eigenvalue weighted by Crippen LogP contribution is 2.10. The Morgan fingerprint density at radius 3 is 1.56 bits per heavy atom. The predicted molar refractivity (Wildman–Crippen MR) is 219 cm³/mol. The summed E-state index contributed by atoms with van der Waals surface area (Å²) in [6.07, 6.45) is 52.5. The summed E-state index contributed by atoms with van der Waals surface area (Å²) in [6.45, 7) is 6.13. The Morgan fingerprint density at radius 1 is 0.442 bits per heavy atom. The van der Waals surface area contributed by atoms with Crippen molar-refractivity contribution in [3.63, 3.8) is 0 Å². The van der Waals surface area contributed by atoms with Crippen LogP contribution in [0.3, 0.4) is 0 Å². The second-order valence-electron chi connectivity index (χ2n) is 12.6. The van der Waals surface area contributed by atoms with Crippen molar-refractivity contribution in [1.29, 1.82) is 0 Å². The van der Waals surface area contributed by atoms with Crippen LogP contribution in [0.15, 0.2) is 109 Å². The third kappa shape index (κ3) is 37.3. The van der Waals surface area contributed by atoms with Crippen LogP contribution in [0.4, 0.5) is 0 Å². The summed E-state index contributed by atoms with van der Waals surface area (Å²) in [5.74, 6) is -1.13. The van der Waals surface area contributed by atoms with Crippen molar-refractivity contribution in [3.05, 3.63) is 109 Å². The van der Waals surface area contributed by atoms with E-state index in [0.717, 1.165) is 89.9 Å². The average Bonchev–Trinajstić information content (AvgIpc) is 3.14. The van der Waals surface area contributed by atoms with Crippen LogP contribution in [-0.2, 0) is 28.6 Å². The molecule has 1 atom stereocenters. The average molecular weight is 719 g/mol. The second kappa shape index (κ2) is 39.8. The zero-order chi connectivity index (χ0) is 38.0. The SMILES string of the molecule is CC\C=C/C=C\C=C/C=C\C=C/CCCCCC(=O)OCC(COC(=O)C/C=C\C/C=C\C/C=C\CC)OC(=O)CCCCCC/C=C\CCCC. The van der Waals surface area contributed by atoms with Gasteiger partial charge in [0, 0.05) is 12.8 Å². The fourth-order valence-electron chi connectivity index (χ4n) is 4.68. The maximum absolute atomic E-state index is 12.6. The second-order valence-corrected chi connectivity index (χ2v) is 12.6. The number of hydrogen-bond acceptors (Lipinski definition) is 6. The van der Waals surface area contributed by atoms with Crippen molar-refractivity contribution in [3.8, 4) is 0 Å². The molecule has 290 valence electrons. The van der Waals surface area contributed by atoms with E-state index in [2.05, 4.69) is 69.4 Å². The third-order valence-corrected chi connectivity index (χ3v) is 7.65. The van der Waals surface area contributed by atoms with E-state index in [1.165, 1.54) is 12.8 Å². The summed E-state index contributed by atoms with van der Waals surface area (Å²) < 4.78 is 16.4. The Morgan fingerprint density at radius 2 is 0.923 bits per heavy atom. The Hall–Kier alpha value is -3.93. The molecule has 0 aliphatic rings. The number of ether oxygens (including phenoxy) is 3. The van der Waals surface area contributed by atoms with Gasteiger partial charge in [-0.05, 0) is 70.6 Å². The minimum atomic E-state index is -0.835. The quantitative estimate of drug-likeness (QED) is 0.0221. The van der Waals surface area contributed by atoms with Crippen LogP contribution in [0.1, 0.15) is 143 Å². The molecule has 0 aromatic rings. The molecule has 0 spiro atoms. The Balaban J connectivity index is 4.57. The normalized spacial score (nSPS) is 13.2. The van der Waals surface area contributed by atoms with E-state index >= 15 is 0 Å². The van der Waals surface area contributed by atoms with Crippen LogP contribution in [0, 0.1) is 0 Å². The molecule has 0 amide bonds. The summed E-state index contributed by atoms with van der Waals surface area (Å²) in [5, 5.41) is 0. The van der Waals surface area contributed by atoms with Crippen molar-refractivity contribution in [2.45, 2.75) is 149 Å². The molecule has 6 heteroatoms. The minimum absolute atomic E-state index is 0.120. The fourth-order valence-corrected chi connectivity index (χ4v) is 4.68. The number of carbonyl (C=O) groups excluding carboxylic acids is 3. The van der Waals surface area contributed by atoms with Gasteiger partial charge >= 0.3 is 17.9 Å². The number of esters is 3. The zero-order valence-corrected chi connectivity index (χ0v) is 32.8. The molecular formula is C46H70O6. The first-order valence-corrected chi connectivity index (χ1v) is 20.0. The predicted octanol–water partition coefficient (Wildman–Crippen LogP) is 12.5. The van der Waals surface area contributed by atoms with E-state index in [9.17, 15) is 14.4 Å². The summed E-state index contributed by atoms with van der Waals surface area (Å²) in [6, 6.07) is 0. The van der Waals surface area contributed by atoms with Crippen LogP contribution in [-0.4, -0.2) is 37.2 Å². The monoisotopic (exact) mass is 719 g/mol. The zero-order valence-electron chi connectivity index (χ0n) is 32.8. The highest BCUT2D eigenvalue weighted by molar-refractivity contribution is 5.72. The van der Waals surface area contributed by atoms with Crippen LogP contribution in [0.2, 0.25) is 0 Å². The molecule has 0 rings (SSSR count). The lowest BCUT2D eigenvalue weighted by Crippen LogP contribution is -2.30. The van der Waals surface area contributed by atoms with Gasteiger partial charge < -0.3 is 14.2 Å². The maximum Gasteiger partial charge on any atom is 0.309 e. The van der Waals surface area contributed by atoms with Gasteiger partial charge in [-0.1, -0.05) is 162 Å². The van der Waals surface area contributed by atoms with E-state index in [1.54, 1.807) is 6.08 Å². The lowest BCUT2D eigenvalue weighted by atomic mass is 10.1. The maximum atomic E-state index is 12.6. The van der Waals surface area contributed by atoms with Gasteiger partial charge in [0.15, 0.2) is 6.10 Å². The highest BCUT2D eigenvalue weighted by Gasteiger charge is 2.19. The van der Waals surface area contributed by atoms with Crippen LogP contribution < -0.4 is 0 Å². The van der Waals surface area contributed by atoms with Gasteiger partial charge in [0.05, 0.1) is 6.42 Å². The molecule has 0 aromatic carbocycles. The summed E-state index contributed by atoms with van der Waals surface area (Å²) >= 11 is 0. The topological polar surface area (TPSA) is 78.9 Å². The van der Waals surface area contributed by atoms with E-state index < -0.39 is 12.1 Å². The Kier molecular flexibility index (Phi) is 36.8. The lowest BCUT2D eigenvalue weighted by molar-refractivity contribution is -0.166. The van der Waals surface area contributed by atoms with Gasteiger partial charge in [-0.15, -0.1) is 0 Å². The Bertz CT molecular complexity index is 1150. The molecule has 0 aliphatic carbocycles. The van der Waals surface area contributed by atoms with Gasteiger partial charge in [-0.3, -0.25) is 14.4 Å². The van der Waals surface area contributed by atoms with Crippen LogP contribution in [0.25, 0.3) is 0 Å². The van der Waals surface area contributed by atoms with Crippen molar-refractivity contribution < 1.29 is 28.6 Å². The fraction of sp³-hybridized carbons (Fsp3) is 0.543. The van der Waals surface area contributed by atoms with Crippen molar-refractivity contribution in [2.75, 3.05) is 13.2 Å². The third-order valence-electron chi connectivity index (χ3n) is 7.65. The van der Waals surface area contributed by atoms with Crippen molar-refractivity contribution in [2.24, 2.45) is 0 Å². The number of carbonyl (C=O) groups is 3. The first-order chi connectivity index (χ1) is 25.5. The van der Waals surface area contributed by atoms with Crippen LogP contribution >= 0.6 is 0 Å². The first-order valence-electron chi connectivity index (χ1n) is 20.0. The van der Waals surface area contributed by atoms with E-state index in [-0.39, 0.29) is 44.4 Å². The molecule has 6 nitrogen and oxygen atoms in total. The van der Waals surface area contributed by atoms with Crippen molar-refractivity contribution in [1.82, 2.24) is 0 Å². The number of allylic oxidation sites excluding steroid dienone is 17. The first kappa shape index (κ1) is 48.1. The number of unbranched alkanes of at least 4 members (excludes halogenated alkanes) is 9. The van der Waals surface area contributed by atoms with Gasteiger partial charge in [0.25, 0.3) is 0 Å².